The van der Waals surface area contributed by atoms with E-state index in [9.17, 15) is 19.8 Å². The first kappa shape index (κ1) is 32.2. The molecule has 1 fully saturated rings. The highest BCUT2D eigenvalue weighted by Crippen LogP contribution is 2.35. The van der Waals surface area contributed by atoms with Crippen molar-refractivity contribution in [1.82, 2.24) is 0 Å². The van der Waals surface area contributed by atoms with Gasteiger partial charge in [-0.1, -0.05) is 34.9 Å². The second-order valence-corrected chi connectivity index (χ2v) is 11.3. The van der Waals surface area contributed by atoms with E-state index in [2.05, 4.69) is 39.0 Å². The van der Waals surface area contributed by atoms with Crippen molar-refractivity contribution >= 4 is 11.9 Å². The zero-order chi connectivity index (χ0) is 28.5. The van der Waals surface area contributed by atoms with E-state index in [1.54, 1.807) is 0 Å². The fourth-order valence-corrected chi connectivity index (χ4v) is 4.96. The maximum atomic E-state index is 11.6. The van der Waals surface area contributed by atoms with Crippen molar-refractivity contribution in [3.8, 4) is 0 Å². The number of hydrogen-bond acceptors (Lipinski definition) is 8. The number of carbonyl (C=O) groups is 2. The molecule has 0 spiro atoms. The first-order valence-electron chi connectivity index (χ1n) is 13.8. The van der Waals surface area contributed by atoms with Crippen molar-refractivity contribution in [3.05, 3.63) is 34.9 Å². The lowest BCUT2D eigenvalue weighted by atomic mass is 9.82. The highest BCUT2D eigenvalue weighted by Gasteiger charge is 2.49. The summed E-state index contributed by atoms with van der Waals surface area (Å²) in [4.78, 5) is 23.0. The number of rotatable bonds is 6. The normalized spacial score (nSPS) is 30.3. The van der Waals surface area contributed by atoms with E-state index in [0.717, 1.165) is 44.9 Å². The minimum atomic E-state index is -1.47. The fourth-order valence-electron chi connectivity index (χ4n) is 4.96. The Morgan fingerprint density at radius 1 is 0.921 bits per heavy atom. The van der Waals surface area contributed by atoms with Crippen LogP contribution in [0.25, 0.3) is 0 Å². The first-order valence-corrected chi connectivity index (χ1v) is 13.8. The molecular weight excluding hydrogens is 488 g/mol. The average Bonchev–Trinajstić information content (AvgIpc) is 2.81. The first-order chi connectivity index (χ1) is 17.8. The summed E-state index contributed by atoms with van der Waals surface area (Å²) in [6.07, 6.45) is 7.33. The van der Waals surface area contributed by atoms with Gasteiger partial charge in [0, 0.05) is 13.8 Å². The predicted molar refractivity (Wildman–Crippen MR) is 145 cm³/mol. The Bertz CT molecular complexity index is 887. The number of esters is 2. The van der Waals surface area contributed by atoms with E-state index in [1.165, 1.54) is 30.6 Å². The third-order valence-corrected chi connectivity index (χ3v) is 7.50. The zero-order valence-corrected chi connectivity index (χ0v) is 24.2. The van der Waals surface area contributed by atoms with Gasteiger partial charge in [0.05, 0.1) is 5.60 Å². The van der Waals surface area contributed by atoms with E-state index in [-0.39, 0.29) is 12.5 Å². The van der Waals surface area contributed by atoms with Gasteiger partial charge in [0.2, 0.25) is 0 Å². The van der Waals surface area contributed by atoms with Crippen LogP contribution in [-0.4, -0.2) is 65.1 Å². The Kier molecular flexibility index (Phi) is 12.7. The summed E-state index contributed by atoms with van der Waals surface area (Å²) in [5.41, 5.74) is 3.37. The lowest BCUT2D eigenvalue weighted by molar-refractivity contribution is -0.329. The minimum Gasteiger partial charge on any atom is -0.463 e. The summed E-state index contributed by atoms with van der Waals surface area (Å²) >= 11 is 0. The summed E-state index contributed by atoms with van der Waals surface area (Å²) in [6, 6.07) is 0. The van der Waals surface area contributed by atoms with Crippen LogP contribution in [0.3, 0.4) is 0 Å². The zero-order valence-electron chi connectivity index (χ0n) is 24.2. The van der Waals surface area contributed by atoms with Gasteiger partial charge in [0.15, 0.2) is 12.4 Å². The summed E-state index contributed by atoms with van der Waals surface area (Å²) in [7, 11) is 0. The molecule has 6 atom stereocenters. The van der Waals surface area contributed by atoms with E-state index in [4.69, 9.17) is 18.9 Å². The molecule has 0 aromatic carbocycles. The van der Waals surface area contributed by atoms with E-state index in [0.29, 0.717) is 0 Å². The molecule has 2 aliphatic rings. The number of carbonyl (C=O) groups excluding carboxylic acids is 2. The summed E-state index contributed by atoms with van der Waals surface area (Å²) < 4.78 is 22.6. The van der Waals surface area contributed by atoms with E-state index in [1.807, 2.05) is 13.8 Å². The van der Waals surface area contributed by atoms with Gasteiger partial charge in [0.1, 0.15) is 24.9 Å². The molecule has 8 heteroatoms. The van der Waals surface area contributed by atoms with Crippen molar-refractivity contribution in [2.45, 2.75) is 130 Å². The van der Waals surface area contributed by atoms with Gasteiger partial charge in [-0.2, -0.15) is 0 Å². The summed E-state index contributed by atoms with van der Waals surface area (Å²) in [6.45, 7) is 12.7. The molecule has 38 heavy (non-hydrogen) atoms. The van der Waals surface area contributed by atoms with Crippen molar-refractivity contribution in [2.75, 3.05) is 6.61 Å². The van der Waals surface area contributed by atoms with Gasteiger partial charge in [0.25, 0.3) is 0 Å². The summed E-state index contributed by atoms with van der Waals surface area (Å²) in [5, 5.41) is 21.7. The molecule has 0 bridgehead atoms. The molecule has 1 aliphatic heterocycles. The Balaban J connectivity index is 2.24. The predicted octanol–water partition coefficient (Wildman–Crippen LogP) is 4.92. The molecule has 2 rings (SSSR count). The number of aliphatic hydroxyl groups is 2. The van der Waals surface area contributed by atoms with Gasteiger partial charge in [-0.15, -0.1) is 0 Å². The fraction of sp³-hybridized carbons (Fsp3) is 0.733. The molecule has 6 unspecified atom stereocenters. The standard InChI is InChI=1S/C30H48O8/c1-19-10-8-12-20(2)14-16-24(17-15-21(3)13-9-11-19)30(6,7)38-29-27(34)26(33)28(36-23(5)32)25(37-29)18-35-22(4)31/h10,13-14,24-29,33-34H,8-9,11-12,15-18H2,1-7H3. The van der Waals surface area contributed by atoms with Crippen molar-refractivity contribution in [2.24, 2.45) is 5.92 Å². The maximum absolute atomic E-state index is 11.6. The largest absolute Gasteiger partial charge is 0.463 e. The monoisotopic (exact) mass is 536 g/mol. The molecule has 0 saturated carbocycles. The Morgan fingerprint density at radius 3 is 2.08 bits per heavy atom. The molecule has 2 N–H and O–H groups in total. The van der Waals surface area contributed by atoms with Gasteiger partial charge >= 0.3 is 11.9 Å². The number of hydrogen-bond donors (Lipinski definition) is 2. The average molecular weight is 537 g/mol. The van der Waals surface area contributed by atoms with Crippen LogP contribution >= 0.6 is 0 Å². The Hall–Kier alpha value is -2.00. The van der Waals surface area contributed by atoms with Crippen LogP contribution in [-0.2, 0) is 28.5 Å². The van der Waals surface area contributed by atoms with E-state index >= 15 is 0 Å². The molecule has 8 nitrogen and oxygen atoms in total. The van der Waals surface area contributed by atoms with Gasteiger partial charge in [-0.3, -0.25) is 9.59 Å². The van der Waals surface area contributed by atoms with Gasteiger partial charge in [-0.25, -0.2) is 0 Å². The van der Waals surface area contributed by atoms with Crippen LogP contribution in [0.2, 0.25) is 0 Å². The van der Waals surface area contributed by atoms with Gasteiger partial charge in [-0.05, 0) is 85.5 Å². The molecule has 0 radical (unpaired) electrons. The van der Waals surface area contributed by atoms with Crippen LogP contribution in [0.4, 0.5) is 0 Å². The number of ether oxygens (including phenoxy) is 4. The smallest absolute Gasteiger partial charge is 0.303 e. The Labute approximate surface area is 228 Å². The second kappa shape index (κ2) is 15.0. The van der Waals surface area contributed by atoms with Crippen LogP contribution < -0.4 is 0 Å². The van der Waals surface area contributed by atoms with Crippen molar-refractivity contribution in [1.29, 1.82) is 0 Å². The molecule has 1 saturated heterocycles. The molecular formula is C30H48O8. The maximum Gasteiger partial charge on any atom is 0.303 e. The van der Waals surface area contributed by atoms with Crippen molar-refractivity contribution in [3.63, 3.8) is 0 Å². The third kappa shape index (κ3) is 10.3. The molecule has 0 amide bonds. The Morgan fingerprint density at radius 2 is 1.50 bits per heavy atom. The van der Waals surface area contributed by atoms with Crippen molar-refractivity contribution < 1.29 is 38.7 Å². The third-order valence-electron chi connectivity index (χ3n) is 7.50. The molecule has 0 aromatic heterocycles. The molecule has 216 valence electrons. The summed E-state index contributed by atoms with van der Waals surface area (Å²) in [5.74, 6) is -1.08. The molecule has 0 aromatic rings. The van der Waals surface area contributed by atoms with Crippen LogP contribution in [0.15, 0.2) is 34.9 Å². The van der Waals surface area contributed by atoms with Gasteiger partial charge < -0.3 is 29.2 Å². The van der Waals surface area contributed by atoms with Crippen LogP contribution in [0, 0.1) is 5.92 Å². The lowest BCUT2D eigenvalue weighted by Crippen LogP contribution is -2.62. The number of aliphatic hydroxyl groups excluding tert-OH is 2. The molecule has 1 aliphatic carbocycles. The second-order valence-electron chi connectivity index (χ2n) is 11.3. The minimum absolute atomic E-state index is 0.104. The quantitative estimate of drug-likeness (QED) is 0.363. The highest BCUT2D eigenvalue weighted by atomic mass is 16.7. The topological polar surface area (TPSA) is 112 Å². The van der Waals surface area contributed by atoms with E-state index < -0.39 is 48.2 Å². The molecule has 1 heterocycles. The SMILES string of the molecule is CC(=O)OCC1OC(OC(C)(C)C2CC=C(C)CCC=C(C)CCC=C(C)CC2)C(O)C(O)C1OC(C)=O. The lowest BCUT2D eigenvalue weighted by Gasteiger charge is -2.45. The number of allylic oxidation sites excluding steroid dienone is 6. The van der Waals surface area contributed by atoms with Crippen LogP contribution in [0.5, 0.6) is 0 Å². The van der Waals surface area contributed by atoms with Crippen LogP contribution in [0.1, 0.15) is 93.4 Å². The highest BCUT2D eigenvalue weighted by molar-refractivity contribution is 5.66.